The van der Waals surface area contributed by atoms with Gasteiger partial charge in [-0.25, -0.2) is 0 Å². The fourth-order valence-corrected chi connectivity index (χ4v) is 11.1. The van der Waals surface area contributed by atoms with Crippen LogP contribution in [0.4, 0.5) is 0 Å². The summed E-state index contributed by atoms with van der Waals surface area (Å²) in [5.41, 5.74) is 0.511. The average Bonchev–Trinajstić information content (AvgIpc) is 3.57. The molecule has 0 aromatic carbocycles. The Morgan fingerprint density at radius 2 is 1.52 bits per heavy atom. The van der Waals surface area contributed by atoms with Gasteiger partial charge in [0.05, 0.1) is 55.4 Å². The summed E-state index contributed by atoms with van der Waals surface area (Å²) in [6.07, 6.45) is 3.50. The van der Waals surface area contributed by atoms with Crippen LogP contribution in [0.1, 0.15) is 93.9 Å². The minimum Gasteiger partial charge on any atom is -0.462 e. The second-order valence-corrected chi connectivity index (χ2v) is 19.5. The summed E-state index contributed by atoms with van der Waals surface area (Å²) in [6, 6.07) is 0. The molecule has 3 N–H and O–H groups in total. The van der Waals surface area contributed by atoms with Gasteiger partial charge in [-0.05, 0) is 56.8 Å². The van der Waals surface area contributed by atoms with Crippen LogP contribution in [0.3, 0.4) is 0 Å². The minimum absolute atomic E-state index is 0.0967. The van der Waals surface area contributed by atoms with Crippen LogP contribution in [0, 0.1) is 23.7 Å². The highest BCUT2D eigenvalue weighted by Crippen LogP contribution is 2.48. The molecule has 2 bridgehead atoms. The van der Waals surface area contributed by atoms with Gasteiger partial charge < -0.3 is 67.4 Å². The summed E-state index contributed by atoms with van der Waals surface area (Å²) in [5, 5.41) is 34.7. The van der Waals surface area contributed by atoms with Crippen LogP contribution in [0.25, 0.3) is 0 Å². The second kappa shape index (κ2) is 20.0. The lowest BCUT2D eigenvalue weighted by atomic mass is 9.70. The number of methoxy groups -OCH3 is 3. The number of allylic oxidation sites excluding steroid dienone is 2. The van der Waals surface area contributed by atoms with Gasteiger partial charge in [-0.2, -0.15) is 0 Å². The van der Waals surface area contributed by atoms with Crippen molar-refractivity contribution < 1.29 is 72.2 Å². The van der Waals surface area contributed by atoms with Gasteiger partial charge in [-0.3, -0.25) is 4.79 Å². The van der Waals surface area contributed by atoms with Crippen LogP contribution in [0.15, 0.2) is 47.1 Å². The fraction of sp³-hybridized carbons (Fsp3) is 0.812. The normalized spacial score (nSPS) is 49.6. The molecule has 1 aliphatic carbocycles. The molecular formula is C48H74O15. The van der Waals surface area contributed by atoms with E-state index >= 15 is 0 Å². The smallest absolute Gasteiger partial charge is 0.316 e. The first-order valence-electron chi connectivity index (χ1n) is 23.1. The van der Waals surface area contributed by atoms with Gasteiger partial charge in [0.15, 0.2) is 18.4 Å². The Morgan fingerprint density at radius 1 is 0.825 bits per heavy atom. The molecule has 0 saturated carbocycles. The molecule has 63 heavy (non-hydrogen) atoms. The number of aliphatic hydroxyl groups is 3. The molecule has 7 rings (SSSR count). The Kier molecular flexibility index (Phi) is 15.5. The molecule has 356 valence electrons. The van der Waals surface area contributed by atoms with E-state index < -0.39 is 103 Å². The third-order valence-electron chi connectivity index (χ3n) is 14.7. The van der Waals surface area contributed by atoms with Crippen LogP contribution in [-0.2, 0) is 56.9 Å². The van der Waals surface area contributed by atoms with Gasteiger partial charge in [0.2, 0.25) is 0 Å². The molecule has 0 aromatic heterocycles. The predicted molar refractivity (Wildman–Crippen MR) is 229 cm³/mol. The molecular weight excluding hydrogens is 817 g/mol. The van der Waals surface area contributed by atoms with Crippen LogP contribution in [-0.4, -0.2) is 153 Å². The Labute approximate surface area is 373 Å². The monoisotopic (exact) mass is 891 g/mol. The van der Waals surface area contributed by atoms with E-state index in [9.17, 15) is 20.1 Å². The third kappa shape index (κ3) is 9.98. The van der Waals surface area contributed by atoms with Crippen LogP contribution < -0.4 is 0 Å². The maximum Gasteiger partial charge on any atom is 0.316 e. The lowest BCUT2D eigenvalue weighted by Crippen LogP contribution is -2.60. The van der Waals surface area contributed by atoms with Gasteiger partial charge in [-0.1, -0.05) is 58.1 Å². The number of hydrogen-bond donors (Lipinski definition) is 3. The first-order valence-corrected chi connectivity index (χ1v) is 23.1. The number of fused-ring (bicyclic) bond motifs is 2. The van der Waals surface area contributed by atoms with Crippen molar-refractivity contribution in [2.24, 2.45) is 23.7 Å². The zero-order valence-electron chi connectivity index (χ0n) is 39.0. The molecule has 6 aliphatic heterocycles. The number of carbonyl (C=O) groups is 1. The first-order chi connectivity index (χ1) is 29.9. The number of esters is 1. The summed E-state index contributed by atoms with van der Waals surface area (Å²) >= 11 is 0. The van der Waals surface area contributed by atoms with Crippen molar-refractivity contribution in [2.45, 2.75) is 197 Å². The van der Waals surface area contributed by atoms with E-state index in [1.165, 1.54) is 0 Å². The Balaban J connectivity index is 1.19. The van der Waals surface area contributed by atoms with Crippen LogP contribution in [0.2, 0.25) is 0 Å². The van der Waals surface area contributed by atoms with E-state index in [-0.39, 0.29) is 49.4 Å². The van der Waals surface area contributed by atoms with Crippen molar-refractivity contribution in [2.75, 3.05) is 27.9 Å². The molecule has 0 amide bonds. The number of rotatable bonds is 8. The van der Waals surface area contributed by atoms with E-state index in [1.807, 2.05) is 45.9 Å². The maximum atomic E-state index is 14.5. The Morgan fingerprint density at radius 3 is 2.22 bits per heavy atom. The zero-order chi connectivity index (χ0) is 45.5. The van der Waals surface area contributed by atoms with Gasteiger partial charge in [0.1, 0.15) is 42.0 Å². The van der Waals surface area contributed by atoms with Gasteiger partial charge >= 0.3 is 5.97 Å². The molecule has 15 nitrogen and oxygen atoms in total. The standard InChI is InChI=1S/C48H74O15/c1-24(2)41-28(6)35(49)22-47(63-41)21-33-18-32(62-47)16-15-26(4)42(60-39-20-37(54-10)44(30(8)58-39)61-38-19-36(53-9)40(50)29(7)57-38)25(3)13-12-14-31-23-56-45-43(55-11)27(5)17-34(46(51)59-33)48(31,45)52/h12-15,17,24-25,28-30,32-45,49-50,52H,16,18-23H2,1-11H3/b13-12+,26-15+,31-14+/t25-,28-,29-,30-,32+,33-,34-,35?,36?,37-,38-,39-,40-,41+,42-,43+,44-,45+,47-,48+/m0/s1. The number of carbonyl (C=O) groups excluding carboxylic acids is 1. The largest absolute Gasteiger partial charge is 0.462 e. The molecule has 20 atom stereocenters. The lowest BCUT2D eigenvalue weighted by Gasteiger charge is -2.52. The first kappa shape index (κ1) is 48.8. The van der Waals surface area contributed by atoms with Crippen LogP contribution >= 0.6 is 0 Å². The highest BCUT2D eigenvalue weighted by molar-refractivity contribution is 5.78. The predicted octanol–water partition coefficient (Wildman–Crippen LogP) is 4.84. The molecule has 1 spiro atoms. The van der Waals surface area contributed by atoms with Crippen LogP contribution in [0.5, 0.6) is 0 Å². The summed E-state index contributed by atoms with van der Waals surface area (Å²) in [7, 11) is 4.79. The van der Waals surface area contributed by atoms with Crippen molar-refractivity contribution in [1.29, 1.82) is 0 Å². The summed E-state index contributed by atoms with van der Waals surface area (Å²) < 4.78 is 69.7. The lowest BCUT2D eigenvalue weighted by molar-refractivity contribution is -0.353. The van der Waals surface area contributed by atoms with E-state index in [0.717, 1.165) is 11.1 Å². The van der Waals surface area contributed by atoms with Crippen molar-refractivity contribution in [3.8, 4) is 0 Å². The topological polar surface area (TPSA) is 179 Å². The SMILES string of the molecule is COC1C[C@H](O[C@H]2[C@H](C)O[C@@H](O[C@@H]3/C(C)=C/C[C@@H]4C[C@@H](C[C@]5(CC(O)[C@H](C)[C@@H](C(C)C)O5)O4)OC(=O)[C@@H]4C=C(C)[C@@H](OC)[C@H]5OC/C(=C\C=C\[C@@H]3C)[C@]54O)C[C@@H]2OC)O[C@@H](C)[C@@H]1O. The Hall–Kier alpha value is -2.09. The minimum atomic E-state index is -1.74. The second-order valence-electron chi connectivity index (χ2n) is 19.5. The number of aliphatic hydroxyl groups excluding tert-OH is 2. The molecule has 0 aromatic rings. The summed E-state index contributed by atoms with van der Waals surface area (Å²) in [4.78, 5) is 14.5. The zero-order valence-corrected chi connectivity index (χ0v) is 39.0. The highest BCUT2D eigenvalue weighted by atomic mass is 16.7. The van der Waals surface area contributed by atoms with E-state index in [4.69, 9.17) is 52.1 Å². The van der Waals surface area contributed by atoms with E-state index in [0.29, 0.717) is 31.3 Å². The molecule has 15 heteroatoms. The van der Waals surface area contributed by atoms with Gasteiger partial charge in [-0.15, -0.1) is 0 Å². The van der Waals surface area contributed by atoms with Gasteiger partial charge in [0, 0.05) is 65.3 Å². The molecule has 5 saturated heterocycles. The van der Waals surface area contributed by atoms with Crippen molar-refractivity contribution in [3.05, 3.63) is 47.1 Å². The van der Waals surface area contributed by atoms with Gasteiger partial charge in [0.25, 0.3) is 0 Å². The van der Waals surface area contributed by atoms with Crippen molar-refractivity contribution >= 4 is 5.97 Å². The molecule has 7 aliphatic rings. The third-order valence-corrected chi connectivity index (χ3v) is 14.7. The average molecular weight is 891 g/mol. The maximum absolute atomic E-state index is 14.5. The van der Waals surface area contributed by atoms with E-state index in [2.05, 4.69) is 26.8 Å². The number of ether oxygens (including phenoxy) is 11. The van der Waals surface area contributed by atoms with E-state index in [1.54, 1.807) is 34.3 Å². The fourth-order valence-electron chi connectivity index (χ4n) is 11.1. The molecule has 5 fully saturated rings. The van der Waals surface area contributed by atoms with Crippen molar-refractivity contribution in [3.63, 3.8) is 0 Å². The summed E-state index contributed by atoms with van der Waals surface area (Å²) in [6.45, 7) is 15.9. The quantitative estimate of drug-likeness (QED) is 0.223. The molecule has 0 radical (unpaired) electrons. The Bertz CT molecular complexity index is 1710. The molecule has 6 heterocycles. The number of hydrogen-bond acceptors (Lipinski definition) is 15. The van der Waals surface area contributed by atoms with Crippen molar-refractivity contribution in [1.82, 2.24) is 0 Å². The molecule has 2 unspecified atom stereocenters. The highest BCUT2D eigenvalue weighted by Gasteiger charge is 2.61. The summed E-state index contributed by atoms with van der Waals surface area (Å²) in [5.74, 6) is -3.03.